The number of nitrogens with zero attached hydrogens (tertiary/aromatic N) is 1. The van der Waals surface area contributed by atoms with E-state index in [9.17, 15) is 4.79 Å². The van der Waals surface area contributed by atoms with Crippen LogP contribution in [-0.4, -0.2) is 37.0 Å². The van der Waals surface area contributed by atoms with Crippen molar-refractivity contribution in [2.24, 2.45) is 10.8 Å². The SMILES string of the molecule is O=C(N1CCC2(CCNC2)CC1)C1(Cc2cccc(Cl)c2)CCCC1. The number of hydrogen-bond acceptors (Lipinski definition) is 2. The van der Waals surface area contributed by atoms with Crippen molar-refractivity contribution in [2.45, 2.75) is 51.4 Å². The second-order valence-electron chi connectivity index (χ2n) is 8.51. The molecule has 1 aromatic rings. The fourth-order valence-electron chi connectivity index (χ4n) is 5.30. The number of piperidine rings is 1. The van der Waals surface area contributed by atoms with E-state index in [1.807, 2.05) is 18.2 Å². The zero-order valence-electron chi connectivity index (χ0n) is 15.0. The summed E-state index contributed by atoms with van der Waals surface area (Å²) < 4.78 is 0. The molecule has 0 unspecified atom stereocenters. The summed E-state index contributed by atoms with van der Waals surface area (Å²) >= 11 is 6.17. The first kappa shape index (κ1) is 17.4. The zero-order chi connectivity index (χ0) is 17.3. The predicted molar refractivity (Wildman–Crippen MR) is 102 cm³/mol. The van der Waals surface area contributed by atoms with Crippen LogP contribution in [0.4, 0.5) is 0 Å². The molecule has 0 bridgehead atoms. The molecule has 1 aliphatic carbocycles. The van der Waals surface area contributed by atoms with Crippen molar-refractivity contribution >= 4 is 17.5 Å². The number of rotatable bonds is 3. The van der Waals surface area contributed by atoms with Crippen molar-refractivity contribution in [3.63, 3.8) is 0 Å². The molecule has 1 aromatic carbocycles. The number of amides is 1. The highest BCUT2D eigenvalue weighted by Gasteiger charge is 2.46. The summed E-state index contributed by atoms with van der Waals surface area (Å²) in [6.07, 6.45) is 8.86. The van der Waals surface area contributed by atoms with E-state index in [2.05, 4.69) is 16.3 Å². The third-order valence-electron chi connectivity index (χ3n) is 6.89. The lowest BCUT2D eigenvalue weighted by Crippen LogP contribution is -2.50. The number of benzene rings is 1. The van der Waals surface area contributed by atoms with Gasteiger partial charge in [-0.15, -0.1) is 0 Å². The van der Waals surface area contributed by atoms with Crippen LogP contribution in [0.25, 0.3) is 0 Å². The Morgan fingerprint density at radius 2 is 1.88 bits per heavy atom. The molecule has 4 rings (SSSR count). The third kappa shape index (κ3) is 3.46. The lowest BCUT2D eigenvalue weighted by Gasteiger charge is -2.42. The summed E-state index contributed by atoms with van der Waals surface area (Å²) in [4.78, 5) is 15.7. The minimum absolute atomic E-state index is 0.191. The number of likely N-dealkylation sites (tertiary alicyclic amines) is 1. The van der Waals surface area contributed by atoms with Crippen LogP contribution in [0.5, 0.6) is 0 Å². The molecule has 0 radical (unpaired) electrons. The molecule has 2 saturated heterocycles. The largest absolute Gasteiger partial charge is 0.342 e. The quantitative estimate of drug-likeness (QED) is 0.882. The fourth-order valence-corrected chi connectivity index (χ4v) is 5.51. The van der Waals surface area contributed by atoms with Crippen LogP contribution in [0.15, 0.2) is 24.3 Å². The zero-order valence-corrected chi connectivity index (χ0v) is 15.8. The van der Waals surface area contributed by atoms with Crippen LogP contribution in [0, 0.1) is 10.8 Å². The Labute approximate surface area is 156 Å². The van der Waals surface area contributed by atoms with Gasteiger partial charge in [0.2, 0.25) is 5.91 Å². The highest BCUT2D eigenvalue weighted by atomic mass is 35.5. The molecule has 1 spiro atoms. The Morgan fingerprint density at radius 1 is 1.12 bits per heavy atom. The van der Waals surface area contributed by atoms with Crippen molar-refractivity contribution in [3.05, 3.63) is 34.9 Å². The Hall–Kier alpha value is -1.06. The maximum absolute atomic E-state index is 13.5. The molecular formula is C21H29ClN2O. The van der Waals surface area contributed by atoms with E-state index in [1.54, 1.807) is 0 Å². The number of carbonyl (C=O) groups excluding carboxylic acids is 1. The topological polar surface area (TPSA) is 32.3 Å². The maximum Gasteiger partial charge on any atom is 0.229 e. The fraction of sp³-hybridized carbons (Fsp3) is 0.667. The van der Waals surface area contributed by atoms with Crippen molar-refractivity contribution in [1.82, 2.24) is 10.2 Å². The standard InChI is InChI=1S/C21H29ClN2O/c22-18-5-3-4-17(14-18)15-21(6-1-2-7-21)19(25)24-12-9-20(10-13-24)8-11-23-16-20/h3-5,14,23H,1-2,6-13,15-16H2. The van der Waals surface area contributed by atoms with Crippen LogP contribution in [-0.2, 0) is 11.2 Å². The lowest BCUT2D eigenvalue weighted by atomic mass is 9.75. The summed E-state index contributed by atoms with van der Waals surface area (Å²) in [7, 11) is 0. The molecule has 3 nitrogen and oxygen atoms in total. The van der Waals surface area contributed by atoms with Gasteiger partial charge in [-0.25, -0.2) is 0 Å². The molecule has 1 amide bonds. The molecule has 136 valence electrons. The van der Waals surface area contributed by atoms with Gasteiger partial charge >= 0.3 is 0 Å². The van der Waals surface area contributed by atoms with E-state index in [0.717, 1.165) is 50.5 Å². The minimum atomic E-state index is -0.191. The molecule has 1 N–H and O–H groups in total. The van der Waals surface area contributed by atoms with Crippen LogP contribution >= 0.6 is 11.6 Å². The van der Waals surface area contributed by atoms with E-state index < -0.39 is 0 Å². The van der Waals surface area contributed by atoms with Gasteiger partial charge in [0.15, 0.2) is 0 Å². The number of hydrogen-bond donors (Lipinski definition) is 1. The normalized spacial score (nSPS) is 24.8. The molecule has 1 saturated carbocycles. The van der Waals surface area contributed by atoms with Crippen molar-refractivity contribution in [2.75, 3.05) is 26.2 Å². The summed E-state index contributed by atoms with van der Waals surface area (Å²) in [6, 6.07) is 8.06. The van der Waals surface area contributed by atoms with Gasteiger partial charge in [-0.1, -0.05) is 36.6 Å². The average molecular weight is 361 g/mol. The first-order chi connectivity index (χ1) is 12.1. The van der Waals surface area contributed by atoms with Gasteiger partial charge < -0.3 is 10.2 Å². The van der Waals surface area contributed by atoms with Gasteiger partial charge in [-0.3, -0.25) is 4.79 Å². The van der Waals surface area contributed by atoms with Crippen molar-refractivity contribution in [1.29, 1.82) is 0 Å². The highest BCUT2D eigenvalue weighted by Crippen LogP contribution is 2.45. The lowest BCUT2D eigenvalue weighted by molar-refractivity contribution is -0.144. The van der Waals surface area contributed by atoms with Gasteiger partial charge in [0.1, 0.15) is 0 Å². The van der Waals surface area contributed by atoms with Crippen molar-refractivity contribution in [3.8, 4) is 0 Å². The smallest absolute Gasteiger partial charge is 0.229 e. The van der Waals surface area contributed by atoms with Crippen LogP contribution < -0.4 is 5.32 Å². The minimum Gasteiger partial charge on any atom is -0.342 e. The summed E-state index contributed by atoms with van der Waals surface area (Å²) in [6.45, 7) is 4.17. The first-order valence-electron chi connectivity index (χ1n) is 9.86. The molecule has 25 heavy (non-hydrogen) atoms. The monoisotopic (exact) mass is 360 g/mol. The Morgan fingerprint density at radius 3 is 2.52 bits per heavy atom. The van der Waals surface area contributed by atoms with E-state index in [4.69, 9.17) is 11.6 Å². The van der Waals surface area contributed by atoms with Crippen LogP contribution in [0.3, 0.4) is 0 Å². The molecular weight excluding hydrogens is 332 g/mol. The molecule has 3 aliphatic rings. The maximum atomic E-state index is 13.5. The first-order valence-corrected chi connectivity index (χ1v) is 10.2. The van der Waals surface area contributed by atoms with Gasteiger partial charge in [-0.05, 0) is 68.2 Å². The second-order valence-corrected chi connectivity index (χ2v) is 8.95. The van der Waals surface area contributed by atoms with Gasteiger partial charge in [0.05, 0.1) is 5.41 Å². The second kappa shape index (κ2) is 6.92. The van der Waals surface area contributed by atoms with Gasteiger partial charge in [0.25, 0.3) is 0 Å². The highest BCUT2D eigenvalue weighted by molar-refractivity contribution is 6.30. The van der Waals surface area contributed by atoms with Gasteiger partial charge in [0, 0.05) is 24.7 Å². The molecule has 2 aliphatic heterocycles. The van der Waals surface area contributed by atoms with E-state index in [0.29, 0.717) is 11.3 Å². The Bertz CT molecular complexity index is 623. The molecule has 3 fully saturated rings. The summed E-state index contributed by atoms with van der Waals surface area (Å²) in [5.41, 5.74) is 1.48. The van der Waals surface area contributed by atoms with Crippen LogP contribution in [0.1, 0.15) is 50.5 Å². The van der Waals surface area contributed by atoms with E-state index in [-0.39, 0.29) is 5.41 Å². The third-order valence-corrected chi connectivity index (χ3v) is 7.12. The summed E-state index contributed by atoms with van der Waals surface area (Å²) in [5.74, 6) is 0.408. The van der Waals surface area contributed by atoms with Crippen molar-refractivity contribution < 1.29 is 4.79 Å². The van der Waals surface area contributed by atoms with E-state index >= 15 is 0 Å². The number of nitrogens with one attached hydrogen (secondary N) is 1. The molecule has 0 atom stereocenters. The molecule has 0 aromatic heterocycles. The van der Waals surface area contributed by atoms with E-state index in [1.165, 1.54) is 37.7 Å². The Balaban J connectivity index is 1.48. The average Bonchev–Trinajstić information content (AvgIpc) is 3.26. The number of halogens is 1. The molecule has 2 heterocycles. The van der Waals surface area contributed by atoms with Gasteiger partial charge in [-0.2, -0.15) is 0 Å². The number of carbonyl (C=O) groups is 1. The summed E-state index contributed by atoms with van der Waals surface area (Å²) in [5, 5.41) is 4.28. The Kier molecular flexibility index (Phi) is 4.81. The van der Waals surface area contributed by atoms with Crippen LogP contribution in [0.2, 0.25) is 5.02 Å². The predicted octanol–water partition coefficient (Wildman–Crippen LogP) is 4.05. The molecule has 4 heteroatoms.